The molecule has 29 heavy (non-hydrogen) atoms. The van der Waals surface area contributed by atoms with Gasteiger partial charge in [0.2, 0.25) is 0 Å². The van der Waals surface area contributed by atoms with Gasteiger partial charge in [0.1, 0.15) is 24.8 Å². The Balaban J connectivity index is 1.31. The molecule has 0 N–H and O–H groups in total. The molecule has 1 aliphatic carbocycles. The van der Waals surface area contributed by atoms with Crippen molar-refractivity contribution in [3.63, 3.8) is 0 Å². The lowest BCUT2D eigenvalue weighted by molar-refractivity contribution is -0.123. The van der Waals surface area contributed by atoms with Crippen molar-refractivity contribution in [2.75, 3.05) is 50.9 Å². The Kier molecular flexibility index (Phi) is 9.26. The van der Waals surface area contributed by atoms with Gasteiger partial charge in [0.25, 0.3) is 0 Å². The van der Waals surface area contributed by atoms with Crippen LogP contribution in [-0.4, -0.2) is 56.7 Å². The van der Waals surface area contributed by atoms with Gasteiger partial charge in [-0.25, -0.2) is 4.39 Å². The van der Waals surface area contributed by atoms with E-state index < -0.39 is 6.67 Å². The molecule has 1 saturated heterocycles. The highest BCUT2D eigenvalue weighted by Crippen LogP contribution is 2.29. The molecule has 0 bridgehead atoms. The first kappa shape index (κ1) is 22.1. The predicted octanol–water partition coefficient (Wildman–Crippen LogP) is 4.87. The largest absolute Gasteiger partial charge is 0.489 e. The van der Waals surface area contributed by atoms with Gasteiger partial charge in [-0.1, -0.05) is 37.8 Å². The number of ketones is 1. The summed E-state index contributed by atoms with van der Waals surface area (Å²) in [5, 5.41) is 0. The molecule has 4 nitrogen and oxygen atoms in total. The van der Waals surface area contributed by atoms with Crippen molar-refractivity contribution in [2.24, 2.45) is 5.92 Å². The molecule has 0 unspecified atom stereocenters. The van der Waals surface area contributed by atoms with Gasteiger partial charge < -0.3 is 9.64 Å². The maximum atomic E-state index is 12.5. The Labute approximate surface area is 175 Å². The molecular formula is C24H37FN2O2. The summed E-state index contributed by atoms with van der Waals surface area (Å²) in [6.07, 6.45) is 10.2. The highest BCUT2D eigenvalue weighted by Gasteiger charge is 2.21. The van der Waals surface area contributed by atoms with Crippen molar-refractivity contribution in [3.05, 3.63) is 24.3 Å². The smallest absolute Gasteiger partial charge is 0.142 e. The van der Waals surface area contributed by atoms with Gasteiger partial charge in [-0.3, -0.25) is 9.69 Å². The zero-order valence-corrected chi connectivity index (χ0v) is 17.8. The lowest BCUT2D eigenvalue weighted by Crippen LogP contribution is -2.46. The van der Waals surface area contributed by atoms with E-state index in [0.29, 0.717) is 11.7 Å². The Bertz CT molecular complexity index is 611. The van der Waals surface area contributed by atoms with Crippen LogP contribution in [0.4, 0.5) is 10.1 Å². The molecule has 0 aromatic heterocycles. The van der Waals surface area contributed by atoms with E-state index in [0.717, 1.165) is 76.3 Å². The summed E-state index contributed by atoms with van der Waals surface area (Å²) in [7, 11) is 0. The molecule has 5 heteroatoms. The number of carbonyl (C=O) groups excluding carboxylic acids is 1. The summed E-state index contributed by atoms with van der Waals surface area (Å²) >= 11 is 0. The summed E-state index contributed by atoms with van der Waals surface area (Å²) in [6.45, 7) is 4.78. The summed E-state index contributed by atoms with van der Waals surface area (Å²) in [5.41, 5.74) is 1.07. The van der Waals surface area contributed by atoms with E-state index in [1.54, 1.807) is 0 Å². The molecule has 2 aliphatic rings. The number of anilines is 1. The molecule has 0 radical (unpaired) electrons. The first-order chi connectivity index (χ1) is 14.3. The third-order valence-corrected chi connectivity index (χ3v) is 6.37. The third kappa shape index (κ3) is 6.98. The molecule has 0 spiro atoms. The average molecular weight is 405 g/mol. The molecule has 1 aliphatic heterocycles. The number of ether oxygens (including phenoxy) is 1. The first-order valence-electron chi connectivity index (χ1n) is 11.6. The Morgan fingerprint density at radius 2 is 1.76 bits per heavy atom. The van der Waals surface area contributed by atoms with Crippen molar-refractivity contribution in [2.45, 2.75) is 57.8 Å². The highest BCUT2D eigenvalue weighted by molar-refractivity contribution is 5.80. The van der Waals surface area contributed by atoms with Crippen LogP contribution in [0.3, 0.4) is 0 Å². The van der Waals surface area contributed by atoms with Crippen LogP contribution >= 0.6 is 0 Å². The fraction of sp³-hybridized carbons (Fsp3) is 0.708. The number of piperazine rings is 1. The normalized spacial score (nSPS) is 18.7. The van der Waals surface area contributed by atoms with Crippen LogP contribution in [0.1, 0.15) is 57.8 Å². The maximum absolute atomic E-state index is 12.5. The number of Topliss-reactive ketones (excluding diaryl/α,β-unsaturated/α-hetero) is 1. The van der Waals surface area contributed by atoms with Crippen molar-refractivity contribution < 1.29 is 13.9 Å². The van der Waals surface area contributed by atoms with E-state index in [1.807, 2.05) is 18.2 Å². The summed E-state index contributed by atoms with van der Waals surface area (Å²) < 4.78 is 18.0. The van der Waals surface area contributed by atoms with Gasteiger partial charge in [-0.05, 0) is 44.4 Å². The molecule has 1 aromatic rings. The van der Waals surface area contributed by atoms with Gasteiger partial charge in [0.05, 0.1) is 5.69 Å². The fourth-order valence-electron chi connectivity index (χ4n) is 4.64. The Morgan fingerprint density at radius 1 is 1.00 bits per heavy atom. The minimum Gasteiger partial charge on any atom is -0.489 e. The predicted molar refractivity (Wildman–Crippen MR) is 117 cm³/mol. The Morgan fingerprint density at radius 3 is 2.52 bits per heavy atom. The number of halogens is 1. The van der Waals surface area contributed by atoms with Crippen LogP contribution in [0.15, 0.2) is 24.3 Å². The lowest BCUT2D eigenvalue weighted by Gasteiger charge is -2.36. The number of hydrogen-bond acceptors (Lipinski definition) is 4. The van der Waals surface area contributed by atoms with Crippen LogP contribution in [0.5, 0.6) is 5.75 Å². The van der Waals surface area contributed by atoms with Gasteiger partial charge in [0.15, 0.2) is 0 Å². The number of benzene rings is 1. The van der Waals surface area contributed by atoms with Crippen LogP contribution < -0.4 is 9.64 Å². The van der Waals surface area contributed by atoms with Crippen molar-refractivity contribution in [1.82, 2.24) is 4.90 Å². The zero-order valence-electron chi connectivity index (χ0n) is 17.8. The van der Waals surface area contributed by atoms with E-state index in [9.17, 15) is 9.18 Å². The summed E-state index contributed by atoms with van der Waals surface area (Å²) in [4.78, 5) is 17.1. The minimum atomic E-state index is -0.464. The molecular weight excluding hydrogens is 367 g/mol. The van der Waals surface area contributed by atoms with E-state index in [1.165, 1.54) is 25.7 Å². The fourth-order valence-corrected chi connectivity index (χ4v) is 4.64. The molecule has 0 atom stereocenters. The molecule has 0 amide bonds. The second-order valence-electron chi connectivity index (χ2n) is 8.45. The average Bonchev–Trinajstić information content (AvgIpc) is 2.78. The molecule has 1 saturated carbocycles. The number of unbranched alkanes of at least 4 members (excludes halogenated alkanes) is 2. The monoisotopic (exact) mass is 404 g/mol. The van der Waals surface area contributed by atoms with E-state index >= 15 is 0 Å². The van der Waals surface area contributed by atoms with Crippen molar-refractivity contribution in [1.29, 1.82) is 0 Å². The molecule has 1 aromatic carbocycles. The SMILES string of the molecule is O=C(CCCCCN1CCN(c2ccccc2OCCF)CC1)C1CCCCC1. The number of rotatable bonds is 11. The van der Waals surface area contributed by atoms with Crippen molar-refractivity contribution in [3.8, 4) is 5.75 Å². The lowest BCUT2D eigenvalue weighted by atomic mass is 9.84. The van der Waals surface area contributed by atoms with Crippen molar-refractivity contribution >= 4 is 11.5 Å². The van der Waals surface area contributed by atoms with Gasteiger partial charge in [-0.2, -0.15) is 0 Å². The summed E-state index contributed by atoms with van der Waals surface area (Å²) in [5.74, 6) is 1.67. The van der Waals surface area contributed by atoms with Gasteiger partial charge >= 0.3 is 0 Å². The second kappa shape index (κ2) is 12.2. The summed E-state index contributed by atoms with van der Waals surface area (Å²) in [6, 6.07) is 7.93. The Hall–Kier alpha value is -1.62. The van der Waals surface area contributed by atoms with E-state index in [-0.39, 0.29) is 6.61 Å². The van der Waals surface area contributed by atoms with Crippen LogP contribution in [-0.2, 0) is 4.79 Å². The maximum Gasteiger partial charge on any atom is 0.142 e. The number of nitrogens with zero attached hydrogens (tertiary/aromatic N) is 2. The van der Waals surface area contributed by atoms with Crippen LogP contribution in [0.25, 0.3) is 0 Å². The highest BCUT2D eigenvalue weighted by atomic mass is 19.1. The number of carbonyl (C=O) groups is 1. The zero-order chi connectivity index (χ0) is 20.3. The quantitative estimate of drug-likeness (QED) is 0.493. The van der Waals surface area contributed by atoms with Crippen LogP contribution in [0, 0.1) is 5.92 Å². The molecule has 162 valence electrons. The molecule has 3 rings (SSSR count). The molecule has 2 fully saturated rings. The van der Waals surface area contributed by atoms with Gasteiger partial charge in [0, 0.05) is 38.5 Å². The second-order valence-corrected chi connectivity index (χ2v) is 8.45. The number of alkyl halides is 1. The number of para-hydroxylation sites is 2. The number of hydrogen-bond donors (Lipinski definition) is 0. The topological polar surface area (TPSA) is 32.8 Å². The van der Waals surface area contributed by atoms with E-state index in [2.05, 4.69) is 15.9 Å². The van der Waals surface area contributed by atoms with E-state index in [4.69, 9.17) is 4.74 Å². The van der Waals surface area contributed by atoms with Gasteiger partial charge in [-0.15, -0.1) is 0 Å². The third-order valence-electron chi connectivity index (χ3n) is 6.37. The standard InChI is InChI=1S/C24H37FN2O2/c25-14-20-29-24-13-7-6-11-22(24)27-18-16-26(17-19-27)15-8-2-5-12-23(28)21-9-3-1-4-10-21/h6-7,11,13,21H,1-5,8-10,12,14-20H2. The molecule has 1 heterocycles. The first-order valence-corrected chi connectivity index (χ1v) is 11.6. The van der Waals surface area contributed by atoms with Crippen LogP contribution in [0.2, 0.25) is 0 Å². The minimum absolute atomic E-state index is 0.111.